The summed E-state index contributed by atoms with van der Waals surface area (Å²) in [6.45, 7) is 5.02. The van der Waals surface area contributed by atoms with Crippen molar-refractivity contribution >= 4 is 29.7 Å². The zero-order chi connectivity index (χ0) is 31.2. The number of nitrogens with one attached hydrogen (secondary N) is 4. The molecule has 0 aliphatic heterocycles. The van der Waals surface area contributed by atoms with Crippen molar-refractivity contribution in [3.8, 4) is 5.75 Å². The van der Waals surface area contributed by atoms with Crippen LogP contribution < -0.4 is 27.0 Å². The molecule has 2 aromatic carbocycles. The Morgan fingerprint density at radius 2 is 1.40 bits per heavy atom. The zero-order valence-electron chi connectivity index (χ0n) is 24.4. The Kier molecular flexibility index (Phi) is 13.6. The van der Waals surface area contributed by atoms with Gasteiger partial charge in [0.05, 0.1) is 12.6 Å². The number of hydrogen-bond acceptors (Lipinski definition) is 9. The summed E-state index contributed by atoms with van der Waals surface area (Å²) in [5.74, 6) is -3.63. The van der Waals surface area contributed by atoms with E-state index < -0.39 is 53.8 Å². The van der Waals surface area contributed by atoms with Crippen molar-refractivity contribution in [2.24, 2.45) is 11.7 Å². The van der Waals surface area contributed by atoms with Crippen LogP contribution in [-0.2, 0) is 41.6 Å². The summed E-state index contributed by atoms with van der Waals surface area (Å²) >= 11 is 0. The van der Waals surface area contributed by atoms with Crippen LogP contribution in [0.15, 0.2) is 54.6 Å². The number of rotatable bonds is 15. The summed E-state index contributed by atoms with van der Waals surface area (Å²) in [6, 6.07) is 10.9. The van der Waals surface area contributed by atoms with Crippen molar-refractivity contribution in [2.75, 3.05) is 13.6 Å². The van der Waals surface area contributed by atoms with Crippen molar-refractivity contribution in [3.63, 3.8) is 0 Å². The summed E-state index contributed by atoms with van der Waals surface area (Å²) in [6.07, 6.45) is 0.501. The number of amides is 3. The van der Waals surface area contributed by atoms with Gasteiger partial charge in [0.1, 0.15) is 23.9 Å². The quantitative estimate of drug-likeness (QED) is 0.127. The number of phenolic OH excluding ortho intramolecular Hbond substituents is 1. The van der Waals surface area contributed by atoms with Gasteiger partial charge in [0.25, 0.3) is 0 Å². The Hall–Kier alpha value is -4.29. The molecule has 12 heteroatoms. The van der Waals surface area contributed by atoms with Crippen LogP contribution in [-0.4, -0.2) is 72.5 Å². The molecule has 7 N–H and O–H groups in total. The molecule has 12 nitrogen and oxygen atoms in total. The monoisotopic (exact) mass is 583 g/mol. The van der Waals surface area contributed by atoms with Gasteiger partial charge in [-0.3, -0.25) is 14.4 Å². The molecule has 3 amide bonds. The largest absolute Gasteiger partial charge is 0.508 e. The van der Waals surface area contributed by atoms with Gasteiger partial charge in [0.15, 0.2) is 0 Å². The van der Waals surface area contributed by atoms with E-state index in [0.29, 0.717) is 5.56 Å². The van der Waals surface area contributed by atoms with Gasteiger partial charge in [-0.2, -0.15) is 0 Å². The van der Waals surface area contributed by atoms with E-state index in [-0.39, 0.29) is 37.5 Å². The molecule has 0 aliphatic rings. The predicted molar refractivity (Wildman–Crippen MR) is 156 cm³/mol. The first-order chi connectivity index (χ1) is 19.9. The van der Waals surface area contributed by atoms with Gasteiger partial charge in [-0.25, -0.2) is 9.59 Å². The molecule has 0 heterocycles. The molecule has 0 spiro atoms. The number of aromatic hydroxyl groups is 1. The third-order valence-electron chi connectivity index (χ3n) is 6.22. The smallest absolute Gasteiger partial charge is 0.336 e. The first-order valence-corrected chi connectivity index (χ1v) is 13.8. The van der Waals surface area contributed by atoms with Gasteiger partial charge in [0, 0.05) is 6.42 Å². The van der Waals surface area contributed by atoms with Gasteiger partial charge >= 0.3 is 11.9 Å². The minimum atomic E-state index is -1.20. The lowest BCUT2D eigenvalue weighted by molar-refractivity contribution is -0.164. The lowest BCUT2D eigenvalue weighted by atomic mass is 10.0. The van der Waals surface area contributed by atoms with Crippen molar-refractivity contribution in [2.45, 2.75) is 64.2 Å². The summed E-state index contributed by atoms with van der Waals surface area (Å²) in [5.41, 5.74) is 7.47. The number of benzene rings is 2. The molecule has 0 bridgehead atoms. The van der Waals surface area contributed by atoms with Crippen molar-refractivity contribution in [1.82, 2.24) is 21.3 Å². The van der Waals surface area contributed by atoms with Crippen molar-refractivity contribution in [3.05, 3.63) is 65.7 Å². The number of hydrogen-bond donors (Lipinski definition) is 6. The Bertz CT molecular complexity index is 1200. The molecule has 2 rings (SSSR count). The fourth-order valence-corrected chi connectivity index (χ4v) is 4.04. The van der Waals surface area contributed by atoms with Crippen LogP contribution in [0.2, 0.25) is 0 Å². The Morgan fingerprint density at radius 3 is 2.00 bits per heavy atom. The fourth-order valence-electron chi connectivity index (χ4n) is 4.04. The lowest BCUT2D eigenvalue weighted by Crippen LogP contribution is -2.54. The minimum Gasteiger partial charge on any atom is -0.508 e. The van der Waals surface area contributed by atoms with E-state index in [4.69, 9.17) is 10.5 Å². The highest BCUT2D eigenvalue weighted by Crippen LogP contribution is 2.12. The molecule has 0 saturated heterocycles. The van der Waals surface area contributed by atoms with Crippen LogP contribution in [0.5, 0.6) is 5.75 Å². The van der Waals surface area contributed by atoms with Crippen LogP contribution in [0.3, 0.4) is 0 Å². The van der Waals surface area contributed by atoms with Crippen LogP contribution in [0.1, 0.15) is 38.3 Å². The first-order valence-electron chi connectivity index (χ1n) is 13.8. The maximum atomic E-state index is 13.3. The van der Waals surface area contributed by atoms with Crippen LogP contribution >= 0.6 is 0 Å². The fraction of sp³-hybridized carbons (Fsp3) is 0.433. The normalized spacial score (nSPS) is 13.8. The average molecular weight is 584 g/mol. The van der Waals surface area contributed by atoms with Crippen LogP contribution in [0.4, 0.5) is 0 Å². The Balaban J connectivity index is 2.04. The molecule has 0 radical (unpaired) electrons. The molecular weight excluding hydrogens is 542 g/mol. The first kappa shape index (κ1) is 33.9. The van der Waals surface area contributed by atoms with E-state index >= 15 is 0 Å². The Labute approximate surface area is 245 Å². The molecular formula is C30H41N5O7. The molecule has 0 fully saturated rings. The topological polar surface area (TPSA) is 189 Å². The number of carbonyl (C=O) groups excluding carboxylic acids is 5. The summed E-state index contributed by atoms with van der Waals surface area (Å²) < 4.78 is 5.03. The number of ether oxygens (including phenoxy) is 1. The molecule has 0 unspecified atom stereocenters. The molecule has 0 saturated carbocycles. The number of likely N-dealkylation sites (N-methyl/N-ethyl adjacent to an activating group) is 1. The van der Waals surface area contributed by atoms with Gasteiger partial charge in [-0.1, -0.05) is 56.3 Å². The SMILES string of the molecule is CNCC(=O)N[C@@H](Cc1ccccc1)C(=O)N[C@@H](CC(C)C)C(=O)OC(=O)[C@@H](C)NC(=O)[C@@H](N)Cc1ccc(O)cc1. The molecule has 0 aromatic heterocycles. The highest BCUT2D eigenvalue weighted by Gasteiger charge is 2.31. The van der Waals surface area contributed by atoms with Gasteiger partial charge in [-0.15, -0.1) is 0 Å². The second-order valence-electron chi connectivity index (χ2n) is 10.5. The summed E-state index contributed by atoms with van der Waals surface area (Å²) in [5, 5.41) is 19.9. The number of esters is 2. The van der Waals surface area contributed by atoms with Crippen molar-refractivity contribution in [1.29, 1.82) is 0 Å². The van der Waals surface area contributed by atoms with Crippen molar-refractivity contribution < 1.29 is 33.8 Å². The highest BCUT2D eigenvalue weighted by molar-refractivity contribution is 5.96. The molecule has 42 heavy (non-hydrogen) atoms. The van der Waals surface area contributed by atoms with E-state index in [9.17, 15) is 29.1 Å². The minimum absolute atomic E-state index is 0.00720. The van der Waals surface area contributed by atoms with Crippen LogP contribution in [0.25, 0.3) is 0 Å². The van der Waals surface area contributed by atoms with E-state index in [2.05, 4.69) is 21.3 Å². The molecule has 4 atom stereocenters. The lowest BCUT2D eigenvalue weighted by Gasteiger charge is -2.24. The van der Waals surface area contributed by atoms with E-state index in [1.54, 1.807) is 19.2 Å². The third-order valence-corrected chi connectivity index (χ3v) is 6.22. The summed E-state index contributed by atoms with van der Waals surface area (Å²) in [7, 11) is 1.60. The van der Waals surface area contributed by atoms with Gasteiger partial charge in [0.2, 0.25) is 17.7 Å². The second kappa shape index (κ2) is 16.8. The molecule has 228 valence electrons. The predicted octanol–water partition coefficient (Wildman–Crippen LogP) is 0.314. The maximum absolute atomic E-state index is 13.3. The average Bonchev–Trinajstić information content (AvgIpc) is 2.93. The summed E-state index contributed by atoms with van der Waals surface area (Å²) in [4.78, 5) is 63.8. The zero-order valence-corrected chi connectivity index (χ0v) is 24.4. The van der Waals surface area contributed by atoms with E-state index in [1.807, 2.05) is 44.2 Å². The van der Waals surface area contributed by atoms with Gasteiger partial charge in [-0.05, 0) is 56.0 Å². The standard InChI is InChI=1S/C30H41N5O7/c1-18(2)14-25(35-28(39)24(34-26(37)17-32-4)16-20-8-6-5-7-9-20)30(41)42-29(40)19(3)33-27(38)23(31)15-21-10-12-22(36)13-11-21/h5-13,18-19,23-25,32,36H,14-17,31H2,1-4H3,(H,33,38)(H,34,37)(H,35,39)/t19-,23+,24+,25+/m1/s1. The maximum Gasteiger partial charge on any atom is 0.336 e. The Morgan fingerprint density at radius 1 is 0.786 bits per heavy atom. The number of nitrogens with two attached hydrogens (primary N) is 1. The molecule has 2 aromatic rings. The molecule has 0 aliphatic carbocycles. The highest BCUT2D eigenvalue weighted by atomic mass is 16.6. The van der Waals surface area contributed by atoms with E-state index in [1.165, 1.54) is 19.1 Å². The van der Waals surface area contributed by atoms with Crippen LogP contribution in [0, 0.1) is 5.92 Å². The second-order valence-corrected chi connectivity index (χ2v) is 10.5. The van der Waals surface area contributed by atoms with E-state index in [0.717, 1.165) is 5.56 Å². The third kappa shape index (κ3) is 11.7. The van der Waals surface area contributed by atoms with Gasteiger partial charge < -0.3 is 36.8 Å². The number of phenols is 1. The number of carbonyl (C=O) groups is 5.